The van der Waals surface area contributed by atoms with Gasteiger partial charge >= 0.3 is 6.03 Å². The molecule has 0 saturated carbocycles. The summed E-state index contributed by atoms with van der Waals surface area (Å²) in [5.74, 6) is -1.91. The van der Waals surface area contributed by atoms with Crippen molar-refractivity contribution in [2.75, 3.05) is 11.9 Å². The molecule has 4 amide bonds. The molecule has 0 bridgehead atoms. The molecule has 1 fully saturated rings. The van der Waals surface area contributed by atoms with Gasteiger partial charge in [-0.2, -0.15) is 0 Å². The number of imide groups is 1. The predicted molar refractivity (Wildman–Crippen MR) is 120 cm³/mol. The number of carbonyl (C=O) groups is 3. The Bertz CT molecular complexity index is 1210. The van der Waals surface area contributed by atoms with Crippen LogP contribution in [0.15, 0.2) is 94.4 Å². The minimum absolute atomic E-state index is 0.0211. The Morgan fingerprint density at radius 1 is 0.969 bits per heavy atom. The van der Waals surface area contributed by atoms with Crippen LogP contribution < -0.4 is 10.6 Å². The van der Waals surface area contributed by atoms with Gasteiger partial charge in [0, 0.05) is 9.79 Å². The molecular weight excluding hydrogens is 429 g/mol. The number of rotatable bonds is 6. The quantitative estimate of drug-likeness (QED) is 0.431. The normalized spacial score (nSPS) is 14.5. The van der Waals surface area contributed by atoms with E-state index >= 15 is 0 Å². The fourth-order valence-electron chi connectivity index (χ4n) is 3.07. The Morgan fingerprint density at radius 3 is 2.44 bits per heavy atom. The maximum absolute atomic E-state index is 13.7. The Kier molecular flexibility index (Phi) is 6.32. The zero-order chi connectivity index (χ0) is 22.5. The van der Waals surface area contributed by atoms with Crippen LogP contribution in [-0.2, 0) is 9.59 Å². The molecule has 3 aromatic rings. The number of anilines is 1. The van der Waals surface area contributed by atoms with E-state index in [-0.39, 0.29) is 11.4 Å². The number of halogens is 1. The molecule has 0 unspecified atom stereocenters. The highest BCUT2D eigenvalue weighted by molar-refractivity contribution is 7.99. The molecule has 32 heavy (non-hydrogen) atoms. The molecule has 0 aliphatic carbocycles. The summed E-state index contributed by atoms with van der Waals surface area (Å²) in [7, 11) is 0. The van der Waals surface area contributed by atoms with E-state index in [0.717, 1.165) is 20.3 Å². The summed E-state index contributed by atoms with van der Waals surface area (Å²) >= 11 is 1.53. The molecule has 160 valence electrons. The van der Waals surface area contributed by atoms with Gasteiger partial charge < -0.3 is 10.6 Å². The highest BCUT2D eigenvalue weighted by Crippen LogP contribution is 2.31. The average molecular weight is 447 g/mol. The first kappa shape index (κ1) is 21.3. The van der Waals surface area contributed by atoms with Crippen molar-refractivity contribution in [2.24, 2.45) is 0 Å². The lowest BCUT2D eigenvalue weighted by molar-refractivity contribution is -0.127. The fraction of sp³-hybridized carbons (Fsp3) is 0.0417. The Balaban J connectivity index is 1.49. The number of para-hydroxylation sites is 1. The number of amides is 4. The van der Waals surface area contributed by atoms with Crippen molar-refractivity contribution >= 4 is 41.4 Å². The van der Waals surface area contributed by atoms with Crippen LogP contribution in [0, 0.1) is 5.82 Å². The van der Waals surface area contributed by atoms with E-state index in [0.29, 0.717) is 0 Å². The second-order valence-electron chi connectivity index (χ2n) is 6.86. The smallest absolute Gasteiger partial charge is 0.322 e. The standard InChI is InChI=1S/C24H18FN3O3S/c25-18-11-5-6-12-19(18)26-22(29)15-28-23(30)20(27-24(28)31)14-16-8-4-7-13-21(16)32-17-9-2-1-3-10-17/h1-14H,15H2,(H,26,29)(H,27,31)/b20-14-. The molecule has 2 N–H and O–H groups in total. The van der Waals surface area contributed by atoms with Gasteiger partial charge in [0.1, 0.15) is 18.1 Å². The Labute approximate surface area is 188 Å². The van der Waals surface area contributed by atoms with Crippen LogP contribution in [0.3, 0.4) is 0 Å². The van der Waals surface area contributed by atoms with Crippen molar-refractivity contribution in [1.82, 2.24) is 10.2 Å². The number of nitrogens with one attached hydrogen (secondary N) is 2. The Morgan fingerprint density at radius 2 is 1.66 bits per heavy atom. The first-order chi connectivity index (χ1) is 15.5. The molecule has 1 aliphatic heterocycles. The van der Waals surface area contributed by atoms with E-state index in [1.807, 2.05) is 54.6 Å². The summed E-state index contributed by atoms with van der Waals surface area (Å²) in [4.78, 5) is 40.1. The molecule has 1 aliphatic rings. The number of benzene rings is 3. The third-order valence-corrected chi connectivity index (χ3v) is 5.70. The molecule has 0 aromatic heterocycles. The molecule has 0 spiro atoms. The number of carbonyl (C=O) groups excluding carboxylic acids is 3. The van der Waals surface area contributed by atoms with Crippen LogP contribution in [0.4, 0.5) is 14.9 Å². The average Bonchev–Trinajstić information content (AvgIpc) is 3.05. The third-order valence-electron chi connectivity index (χ3n) is 4.60. The minimum Gasteiger partial charge on any atom is -0.322 e. The molecular formula is C24H18FN3O3S. The SMILES string of the molecule is O=C(CN1C(=O)N/C(=C\c2ccccc2Sc2ccccc2)C1=O)Nc1ccccc1F. The second-order valence-corrected chi connectivity index (χ2v) is 7.98. The molecule has 3 aromatic carbocycles. The summed E-state index contributed by atoms with van der Waals surface area (Å²) in [6, 6.07) is 22.2. The number of hydrogen-bond donors (Lipinski definition) is 2. The van der Waals surface area contributed by atoms with E-state index in [1.165, 1.54) is 30.0 Å². The van der Waals surface area contributed by atoms with Crippen molar-refractivity contribution in [1.29, 1.82) is 0 Å². The van der Waals surface area contributed by atoms with Gasteiger partial charge in [-0.3, -0.25) is 9.59 Å². The van der Waals surface area contributed by atoms with Crippen LogP contribution in [0.25, 0.3) is 6.08 Å². The second kappa shape index (κ2) is 9.49. The first-order valence-corrected chi connectivity index (χ1v) is 10.5. The third kappa shape index (κ3) is 4.87. The first-order valence-electron chi connectivity index (χ1n) is 9.72. The molecule has 6 nitrogen and oxygen atoms in total. The predicted octanol–water partition coefficient (Wildman–Crippen LogP) is 4.51. The Hall–Kier alpha value is -3.91. The van der Waals surface area contributed by atoms with Crippen molar-refractivity contribution in [2.45, 2.75) is 9.79 Å². The van der Waals surface area contributed by atoms with E-state index < -0.39 is 30.2 Å². The van der Waals surface area contributed by atoms with Crippen molar-refractivity contribution in [3.8, 4) is 0 Å². The van der Waals surface area contributed by atoms with Gasteiger partial charge in [0.25, 0.3) is 5.91 Å². The van der Waals surface area contributed by atoms with Crippen molar-refractivity contribution in [3.05, 3.63) is 95.9 Å². The fourth-order valence-corrected chi connectivity index (χ4v) is 4.01. The maximum Gasteiger partial charge on any atom is 0.329 e. The minimum atomic E-state index is -0.710. The van der Waals surface area contributed by atoms with Gasteiger partial charge in [-0.05, 0) is 42.0 Å². The lowest BCUT2D eigenvalue weighted by Gasteiger charge is -2.12. The summed E-state index contributed by atoms with van der Waals surface area (Å²) < 4.78 is 13.7. The van der Waals surface area contributed by atoms with Crippen LogP contribution in [0.1, 0.15) is 5.56 Å². The zero-order valence-electron chi connectivity index (χ0n) is 16.7. The number of nitrogens with zero attached hydrogens (tertiary/aromatic N) is 1. The van der Waals surface area contributed by atoms with E-state index in [2.05, 4.69) is 10.6 Å². The van der Waals surface area contributed by atoms with Gasteiger partial charge in [0.15, 0.2) is 0 Å². The molecule has 0 radical (unpaired) electrons. The molecule has 8 heteroatoms. The van der Waals surface area contributed by atoms with E-state index in [9.17, 15) is 18.8 Å². The zero-order valence-corrected chi connectivity index (χ0v) is 17.6. The largest absolute Gasteiger partial charge is 0.329 e. The monoisotopic (exact) mass is 447 g/mol. The molecule has 1 saturated heterocycles. The van der Waals surface area contributed by atoms with E-state index in [1.54, 1.807) is 12.1 Å². The topological polar surface area (TPSA) is 78.5 Å². The van der Waals surface area contributed by atoms with Crippen LogP contribution >= 0.6 is 11.8 Å². The van der Waals surface area contributed by atoms with Gasteiger partial charge in [-0.1, -0.05) is 60.3 Å². The molecule has 0 atom stereocenters. The molecule has 4 rings (SSSR count). The summed E-state index contributed by atoms with van der Waals surface area (Å²) in [5, 5.41) is 4.88. The van der Waals surface area contributed by atoms with Gasteiger partial charge in [-0.15, -0.1) is 0 Å². The van der Waals surface area contributed by atoms with Gasteiger partial charge in [0.05, 0.1) is 5.69 Å². The van der Waals surface area contributed by atoms with Gasteiger partial charge in [0.2, 0.25) is 5.91 Å². The van der Waals surface area contributed by atoms with Crippen LogP contribution in [0.5, 0.6) is 0 Å². The van der Waals surface area contributed by atoms with Crippen molar-refractivity contribution in [3.63, 3.8) is 0 Å². The number of hydrogen-bond acceptors (Lipinski definition) is 4. The maximum atomic E-state index is 13.7. The van der Waals surface area contributed by atoms with Crippen molar-refractivity contribution < 1.29 is 18.8 Å². The van der Waals surface area contributed by atoms with E-state index in [4.69, 9.17) is 0 Å². The highest BCUT2D eigenvalue weighted by atomic mass is 32.2. The lowest BCUT2D eigenvalue weighted by atomic mass is 10.2. The lowest BCUT2D eigenvalue weighted by Crippen LogP contribution is -2.38. The summed E-state index contributed by atoms with van der Waals surface area (Å²) in [5.41, 5.74) is 0.796. The number of urea groups is 1. The summed E-state index contributed by atoms with van der Waals surface area (Å²) in [6.07, 6.45) is 1.58. The van der Waals surface area contributed by atoms with Crippen LogP contribution in [0.2, 0.25) is 0 Å². The molecule has 1 heterocycles. The highest BCUT2D eigenvalue weighted by Gasteiger charge is 2.35. The summed E-state index contributed by atoms with van der Waals surface area (Å²) in [6.45, 7) is -0.531. The van der Waals surface area contributed by atoms with Crippen LogP contribution in [-0.4, -0.2) is 29.3 Å². The van der Waals surface area contributed by atoms with Gasteiger partial charge in [-0.25, -0.2) is 14.1 Å².